The standard InChI is InChI=1S/C30H32N2O3/c33-25-11-13-27-23(16-25)8-12-26(21-4-2-1-3-5-21)29(27)22-6-9-24(10-7-22)32-19-30(20-32)14-15-31(18-30)17-28(34)35/h1-7,9-11,13,16,26,29,33H,8,12,14-15,17-20H2,(H,34,35)/t26-,29+/m1/s1. The van der Waals surface area contributed by atoms with Crippen LogP contribution in [-0.4, -0.2) is 53.8 Å². The Balaban J connectivity index is 1.23. The van der Waals surface area contributed by atoms with Gasteiger partial charge in [-0.3, -0.25) is 9.69 Å². The summed E-state index contributed by atoms with van der Waals surface area (Å²) in [6.07, 6.45) is 3.13. The van der Waals surface area contributed by atoms with E-state index in [0.717, 1.165) is 45.4 Å². The van der Waals surface area contributed by atoms with Crippen LogP contribution in [0.25, 0.3) is 0 Å². The summed E-state index contributed by atoms with van der Waals surface area (Å²) in [5.74, 6) is 0.279. The number of aryl methyl sites for hydroxylation is 1. The molecule has 0 unspecified atom stereocenters. The van der Waals surface area contributed by atoms with Gasteiger partial charge in [-0.15, -0.1) is 0 Å². The van der Waals surface area contributed by atoms with Crippen molar-refractivity contribution in [2.75, 3.05) is 37.6 Å². The lowest BCUT2D eigenvalue weighted by Gasteiger charge is -2.49. The van der Waals surface area contributed by atoms with Gasteiger partial charge >= 0.3 is 5.97 Å². The molecule has 3 aliphatic rings. The summed E-state index contributed by atoms with van der Waals surface area (Å²) < 4.78 is 0. The minimum Gasteiger partial charge on any atom is -0.508 e. The molecule has 5 heteroatoms. The van der Waals surface area contributed by atoms with Crippen LogP contribution in [0.3, 0.4) is 0 Å². The van der Waals surface area contributed by atoms with Crippen LogP contribution in [0.5, 0.6) is 5.75 Å². The van der Waals surface area contributed by atoms with Gasteiger partial charge in [0.25, 0.3) is 0 Å². The fourth-order valence-corrected chi connectivity index (χ4v) is 6.73. The maximum absolute atomic E-state index is 11.1. The molecule has 35 heavy (non-hydrogen) atoms. The summed E-state index contributed by atoms with van der Waals surface area (Å²) in [5.41, 5.74) is 6.76. The van der Waals surface area contributed by atoms with Gasteiger partial charge in [0, 0.05) is 36.7 Å². The molecule has 3 aromatic carbocycles. The second-order valence-corrected chi connectivity index (χ2v) is 10.7. The van der Waals surface area contributed by atoms with Gasteiger partial charge in [0.2, 0.25) is 0 Å². The minimum atomic E-state index is -0.734. The van der Waals surface area contributed by atoms with Crippen LogP contribution in [0.2, 0.25) is 0 Å². The van der Waals surface area contributed by atoms with Crippen LogP contribution >= 0.6 is 0 Å². The molecule has 180 valence electrons. The number of aromatic hydroxyl groups is 1. The molecule has 0 saturated carbocycles. The summed E-state index contributed by atoms with van der Waals surface area (Å²) in [4.78, 5) is 15.6. The van der Waals surface area contributed by atoms with E-state index in [1.54, 1.807) is 0 Å². The predicted molar refractivity (Wildman–Crippen MR) is 137 cm³/mol. The van der Waals surface area contributed by atoms with E-state index in [9.17, 15) is 9.90 Å². The van der Waals surface area contributed by atoms with E-state index < -0.39 is 5.97 Å². The van der Waals surface area contributed by atoms with Gasteiger partial charge in [-0.05, 0) is 78.2 Å². The van der Waals surface area contributed by atoms with Crippen LogP contribution < -0.4 is 4.90 Å². The number of anilines is 1. The molecule has 1 spiro atoms. The van der Waals surface area contributed by atoms with Crippen molar-refractivity contribution in [1.29, 1.82) is 0 Å². The second-order valence-electron chi connectivity index (χ2n) is 10.7. The predicted octanol–water partition coefficient (Wildman–Crippen LogP) is 4.85. The SMILES string of the molecule is O=C(O)CN1CCC2(C1)CN(c1ccc([C@@H]3c4ccc(O)cc4CC[C@@H]3c3ccccc3)cc1)C2. The Hall–Kier alpha value is -3.31. The highest BCUT2D eigenvalue weighted by Crippen LogP contribution is 2.48. The lowest BCUT2D eigenvalue weighted by atomic mass is 9.69. The highest BCUT2D eigenvalue weighted by atomic mass is 16.4. The number of carboxylic acids is 1. The van der Waals surface area contributed by atoms with E-state index in [1.807, 2.05) is 12.1 Å². The largest absolute Gasteiger partial charge is 0.508 e. The van der Waals surface area contributed by atoms with Gasteiger partial charge in [0.15, 0.2) is 0 Å². The number of benzene rings is 3. The molecule has 2 saturated heterocycles. The van der Waals surface area contributed by atoms with Crippen molar-refractivity contribution in [2.45, 2.75) is 31.1 Å². The molecule has 0 bridgehead atoms. The first kappa shape index (κ1) is 22.2. The lowest BCUT2D eigenvalue weighted by molar-refractivity contribution is -0.138. The highest BCUT2D eigenvalue weighted by Gasteiger charge is 2.47. The normalized spacial score (nSPS) is 23.1. The van der Waals surface area contributed by atoms with Crippen LogP contribution in [0.4, 0.5) is 5.69 Å². The van der Waals surface area contributed by atoms with E-state index in [2.05, 4.69) is 70.5 Å². The Kier molecular flexibility index (Phi) is 5.53. The zero-order chi connectivity index (χ0) is 24.0. The van der Waals surface area contributed by atoms with E-state index in [4.69, 9.17) is 5.11 Å². The zero-order valence-corrected chi connectivity index (χ0v) is 19.9. The maximum Gasteiger partial charge on any atom is 0.317 e. The topological polar surface area (TPSA) is 64.0 Å². The number of carboxylic acid groups (broad SMARTS) is 1. The molecular formula is C30H32N2O3. The second kappa shape index (κ2) is 8.72. The molecule has 3 aromatic rings. The highest BCUT2D eigenvalue weighted by molar-refractivity contribution is 5.69. The molecule has 2 aliphatic heterocycles. The molecule has 1 aliphatic carbocycles. The number of nitrogens with zero attached hydrogens (tertiary/aromatic N) is 2. The Morgan fingerprint density at radius 2 is 1.71 bits per heavy atom. The number of likely N-dealkylation sites (tertiary alicyclic amines) is 1. The molecule has 5 nitrogen and oxygen atoms in total. The van der Waals surface area contributed by atoms with Gasteiger partial charge in [0.1, 0.15) is 5.75 Å². The van der Waals surface area contributed by atoms with Crippen molar-refractivity contribution in [2.24, 2.45) is 5.41 Å². The van der Waals surface area contributed by atoms with Crippen molar-refractivity contribution < 1.29 is 15.0 Å². The van der Waals surface area contributed by atoms with Gasteiger partial charge in [-0.2, -0.15) is 0 Å². The Morgan fingerprint density at radius 3 is 2.46 bits per heavy atom. The summed E-state index contributed by atoms with van der Waals surface area (Å²) in [6, 6.07) is 25.8. The maximum atomic E-state index is 11.1. The molecule has 6 rings (SSSR count). The fourth-order valence-electron chi connectivity index (χ4n) is 6.73. The van der Waals surface area contributed by atoms with Crippen LogP contribution in [0.1, 0.15) is 46.9 Å². The first-order valence-electron chi connectivity index (χ1n) is 12.7. The van der Waals surface area contributed by atoms with Crippen molar-refractivity contribution >= 4 is 11.7 Å². The molecule has 2 N–H and O–H groups in total. The van der Waals surface area contributed by atoms with Crippen molar-refractivity contribution in [3.05, 3.63) is 95.1 Å². The van der Waals surface area contributed by atoms with Gasteiger partial charge < -0.3 is 15.1 Å². The molecule has 2 fully saturated rings. The van der Waals surface area contributed by atoms with Crippen LogP contribution in [0, 0.1) is 5.41 Å². The third kappa shape index (κ3) is 4.19. The molecular weight excluding hydrogens is 436 g/mol. The average Bonchev–Trinajstić information content (AvgIpc) is 3.26. The van der Waals surface area contributed by atoms with Crippen molar-refractivity contribution in [1.82, 2.24) is 4.90 Å². The first-order valence-corrected chi connectivity index (χ1v) is 12.7. The van der Waals surface area contributed by atoms with Crippen LogP contribution in [-0.2, 0) is 11.2 Å². The molecule has 0 aromatic heterocycles. The Morgan fingerprint density at radius 1 is 0.943 bits per heavy atom. The third-order valence-electron chi connectivity index (χ3n) is 8.36. The third-order valence-corrected chi connectivity index (χ3v) is 8.36. The summed E-state index contributed by atoms with van der Waals surface area (Å²) >= 11 is 0. The lowest BCUT2D eigenvalue weighted by Crippen LogP contribution is -2.57. The van der Waals surface area contributed by atoms with Gasteiger partial charge in [0.05, 0.1) is 6.54 Å². The average molecular weight is 469 g/mol. The summed E-state index contributed by atoms with van der Waals surface area (Å²) in [5, 5.41) is 19.2. The van der Waals surface area contributed by atoms with Gasteiger partial charge in [-0.1, -0.05) is 48.5 Å². The smallest absolute Gasteiger partial charge is 0.317 e. The number of hydrogen-bond donors (Lipinski definition) is 2. The quantitative estimate of drug-likeness (QED) is 0.560. The number of fused-ring (bicyclic) bond motifs is 1. The van der Waals surface area contributed by atoms with Crippen molar-refractivity contribution in [3.8, 4) is 5.75 Å². The molecule has 2 atom stereocenters. The fraction of sp³-hybridized carbons (Fsp3) is 0.367. The summed E-state index contributed by atoms with van der Waals surface area (Å²) in [6.45, 7) is 3.93. The van der Waals surface area contributed by atoms with Crippen molar-refractivity contribution in [3.63, 3.8) is 0 Å². The van der Waals surface area contributed by atoms with E-state index in [1.165, 1.54) is 27.9 Å². The van der Waals surface area contributed by atoms with E-state index in [0.29, 0.717) is 11.7 Å². The molecule has 0 radical (unpaired) electrons. The Labute approximate surface area is 206 Å². The van der Waals surface area contributed by atoms with Crippen LogP contribution in [0.15, 0.2) is 72.8 Å². The van der Waals surface area contributed by atoms with E-state index >= 15 is 0 Å². The Bertz CT molecular complexity index is 1220. The first-order chi connectivity index (χ1) is 17.0. The monoisotopic (exact) mass is 468 g/mol. The number of carbonyl (C=O) groups is 1. The molecule has 0 amide bonds. The van der Waals surface area contributed by atoms with E-state index in [-0.39, 0.29) is 17.9 Å². The molecule has 2 heterocycles. The zero-order valence-electron chi connectivity index (χ0n) is 19.9. The number of aliphatic carboxylic acids is 1. The number of phenols is 1. The number of hydrogen-bond acceptors (Lipinski definition) is 4. The number of rotatable bonds is 5. The number of phenolic OH excluding ortho intramolecular Hbond substituents is 1. The van der Waals surface area contributed by atoms with Gasteiger partial charge in [-0.25, -0.2) is 0 Å². The summed E-state index contributed by atoms with van der Waals surface area (Å²) in [7, 11) is 0. The minimum absolute atomic E-state index is 0.152.